The summed E-state index contributed by atoms with van der Waals surface area (Å²) in [4.78, 5) is 15.4. The fourth-order valence-corrected chi connectivity index (χ4v) is 4.50. The van der Waals surface area contributed by atoms with Crippen molar-refractivity contribution in [2.75, 3.05) is 0 Å². The number of rotatable bonds is 5. The molecule has 0 aliphatic heterocycles. The van der Waals surface area contributed by atoms with Crippen LogP contribution in [0.3, 0.4) is 0 Å². The van der Waals surface area contributed by atoms with Crippen molar-refractivity contribution >= 4 is 5.82 Å². The van der Waals surface area contributed by atoms with E-state index in [2.05, 4.69) is 119 Å². The standard InChI is InChI=1S/C10H11N.C9H11F.C9H10N2.2C9H13N.CH4/c1-8(2)10-5-3-9(7-11)4-6-10;1-7(2)8-3-5-9(10)6-4-8;1-7(2)8-4-5-11-9(6-8)10-3;2*1-7(2)9-4-5-10-8(3)6-9;/h3-6,8H,1-2H3;3-7H,1-2H3;4-7H,1-2H3;2*4-7H,1-3H3;1H4. The Morgan fingerprint density at radius 3 is 1.17 bits per heavy atom. The van der Waals surface area contributed by atoms with Crippen molar-refractivity contribution in [3.8, 4) is 6.07 Å². The van der Waals surface area contributed by atoms with Gasteiger partial charge >= 0.3 is 0 Å². The van der Waals surface area contributed by atoms with E-state index in [1.807, 2.05) is 74.8 Å². The summed E-state index contributed by atoms with van der Waals surface area (Å²) in [5.41, 5.74) is 9.31. The van der Waals surface area contributed by atoms with Crippen LogP contribution in [-0.2, 0) is 0 Å². The first-order valence-electron chi connectivity index (χ1n) is 18.0. The van der Waals surface area contributed by atoms with Crippen LogP contribution in [0, 0.1) is 37.6 Å². The van der Waals surface area contributed by atoms with Crippen LogP contribution < -0.4 is 0 Å². The third-order valence-corrected chi connectivity index (χ3v) is 7.97. The minimum atomic E-state index is -0.163. The lowest BCUT2D eigenvalue weighted by Gasteiger charge is -2.03. The first-order valence-corrected chi connectivity index (χ1v) is 18.0. The van der Waals surface area contributed by atoms with Gasteiger partial charge in [0.1, 0.15) is 12.0 Å². The average molecular weight is 716 g/mol. The van der Waals surface area contributed by atoms with Crippen molar-refractivity contribution in [1.82, 2.24) is 15.0 Å². The maximum absolute atomic E-state index is 12.4. The number of nitrogens with zero attached hydrogens (tertiary/aromatic N) is 5. The van der Waals surface area contributed by atoms with Crippen LogP contribution in [0.5, 0.6) is 0 Å². The molecule has 0 N–H and O–H groups in total. The summed E-state index contributed by atoms with van der Waals surface area (Å²) >= 11 is 0. The van der Waals surface area contributed by atoms with Crippen LogP contribution in [0.15, 0.2) is 104 Å². The first kappa shape index (κ1) is 47.8. The number of benzene rings is 2. The van der Waals surface area contributed by atoms with Gasteiger partial charge in [0.2, 0.25) is 0 Å². The predicted molar refractivity (Wildman–Crippen MR) is 223 cm³/mol. The molecule has 0 spiro atoms. The third-order valence-electron chi connectivity index (χ3n) is 7.97. The van der Waals surface area contributed by atoms with Gasteiger partial charge in [-0.1, -0.05) is 113 Å². The molecule has 3 aromatic heterocycles. The maximum atomic E-state index is 12.4. The van der Waals surface area contributed by atoms with Gasteiger partial charge in [0.05, 0.1) is 11.6 Å². The fourth-order valence-electron chi connectivity index (χ4n) is 4.50. The van der Waals surface area contributed by atoms with Crippen molar-refractivity contribution in [2.24, 2.45) is 0 Å². The molecule has 0 amide bonds. The summed E-state index contributed by atoms with van der Waals surface area (Å²) in [6.45, 7) is 32.2. The summed E-state index contributed by atoms with van der Waals surface area (Å²) in [7, 11) is 0. The lowest BCUT2D eigenvalue weighted by Crippen LogP contribution is -1.88. The van der Waals surface area contributed by atoms with Crippen LogP contribution in [0.1, 0.15) is 151 Å². The summed E-state index contributed by atoms with van der Waals surface area (Å²) in [6.07, 6.45) is 5.41. The van der Waals surface area contributed by atoms with Crippen molar-refractivity contribution in [3.63, 3.8) is 0 Å². The average Bonchev–Trinajstić information content (AvgIpc) is 3.13. The second-order valence-electron chi connectivity index (χ2n) is 14.1. The molecule has 2 aromatic carbocycles. The second kappa shape index (κ2) is 25.7. The highest BCUT2D eigenvalue weighted by molar-refractivity contribution is 5.39. The van der Waals surface area contributed by atoms with Crippen molar-refractivity contribution in [3.05, 3.63) is 166 Å². The molecule has 0 aliphatic carbocycles. The van der Waals surface area contributed by atoms with E-state index < -0.39 is 0 Å². The molecule has 53 heavy (non-hydrogen) atoms. The molecule has 0 unspecified atom stereocenters. The Hall–Kier alpha value is -5.20. The summed E-state index contributed by atoms with van der Waals surface area (Å²) in [5.74, 6) is 3.05. The molecule has 6 heteroatoms. The van der Waals surface area contributed by atoms with Gasteiger partial charge in [-0.15, -0.1) is 4.98 Å². The van der Waals surface area contributed by atoms with Gasteiger partial charge in [0.25, 0.3) is 5.82 Å². The summed E-state index contributed by atoms with van der Waals surface area (Å²) < 4.78 is 12.4. The van der Waals surface area contributed by atoms with Crippen LogP contribution in [0.2, 0.25) is 0 Å². The van der Waals surface area contributed by atoms with E-state index in [1.54, 1.807) is 6.20 Å². The lowest BCUT2D eigenvalue weighted by molar-refractivity contribution is 0.626. The summed E-state index contributed by atoms with van der Waals surface area (Å²) in [5, 5.41) is 8.52. The number of aryl methyl sites for hydroxylation is 2. The van der Waals surface area contributed by atoms with E-state index in [0.717, 1.165) is 17.0 Å². The topological polar surface area (TPSA) is 66.8 Å². The number of hydrogen-bond acceptors (Lipinski definition) is 4. The predicted octanol–water partition coefficient (Wildman–Crippen LogP) is 14.0. The van der Waals surface area contributed by atoms with Gasteiger partial charge in [-0.25, -0.2) is 4.39 Å². The maximum Gasteiger partial charge on any atom is 0.269 e. The van der Waals surface area contributed by atoms with Gasteiger partial charge in [-0.3, -0.25) is 9.97 Å². The molecule has 3 heterocycles. The zero-order valence-corrected chi connectivity index (χ0v) is 33.3. The zero-order valence-electron chi connectivity index (χ0n) is 33.3. The molecule has 0 aliphatic rings. The quantitative estimate of drug-likeness (QED) is 0.170. The molecule has 5 aromatic rings. The lowest BCUT2D eigenvalue weighted by atomic mass is 10.0. The molecular formula is C47H62FN5. The highest BCUT2D eigenvalue weighted by atomic mass is 19.1. The Kier molecular flexibility index (Phi) is 23.2. The van der Waals surface area contributed by atoms with Gasteiger partial charge in [0, 0.05) is 23.8 Å². The molecule has 0 radical (unpaired) electrons. The fraction of sp³-hybridized carbons (Fsp3) is 0.383. The van der Waals surface area contributed by atoms with Crippen LogP contribution in [0.4, 0.5) is 10.2 Å². The number of nitriles is 1. The SMILES string of the molecule is C.CC(C)c1ccc(C#N)cc1.CC(C)c1ccc(F)cc1.Cc1cc(C(C)C)ccn1.Cc1cc(C(C)C)ccn1.[C-]#[N+]c1cc(C(C)C)ccn1. The Morgan fingerprint density at radius 1 is 0.528 bits per heavy atom. The van der Waals surface area contributed by atoms with E-state index in [-0.39, 0.29) is 13.2 Å². The Labute approximate surface area is 321 Å². The van der Waals surface area contributed by atoms with Gasteiger partial charge in [-0.2, -0.15) is 5.26 Å². The highest BCUT2D eigenvalue weighted by Gasteiger charge is 2.01. The Bertz CT molecular complexity index is 1760. The smallest absolute Gasteiger partial charge is 0.269 e. The first-order chi connectivity index (χ1) is 24.6. The Balaban J connectivity index is 0.000000635. The van der Waals surface area contributed by atoms with Crippen molar-refractivity contribution in [1.29, 1.82) is 5.26 Å². The highest BCUT2D eigenvalue weighted by Crippen LogP contribution is 2.18. The largest absolute Gasteiger partial charge is 0.361 e. The van der Waals surface area contributed by atoms with Crippen LogP contribution in [0.25, 0.3) is 4.85 Å². The van der Waals surface area contributed by atoms with Crippen molar-refractivity contribution in [2.45, 2.75) is 120 Å². The van der Waals surface area contributed by atoms with E-state index >= 15 is 0 Å². The zero-order chi connectivity index (χ0) is 39.2. The molecule has 5 rings (SSSR count). The van der Waals surface area contributed by atoms with Gasteiger partial charge < -0.3 is 4.85 Å². The molecular weight excluding hydrogens is 654 g/mol. The third kappa shape index (κ3) is 19.8. The molecule has 282 valence electrons. The number of hydrogen-bond donors (Lipinski definition) is 0. The van der Waals surface area contributed by atoms with Crippen molar-refractivity contribution < 1.29 is 4.39 Å². The summed E-state index contributed by atoms with van der Waals surface area (Å²) in [6, 6.07) is 28.6. The van der Waals surface area contributed by atoms with Crippen LogP contribution in [-0.4, -0.2) is 15.0 Å². The number of pyridine rings is 3. The van der Waals surface area contributed by atoms with E-state index in [4.69, 9.17) is 11.8 Å². The van der Waals surface area contributed by atoms with Gasteiger partial charge in [0.15, 0.2) is 0 Å². The van der Waals surface area contributed by atoms with Crippen LogP contribution >= 0.6 is 0 Å². The van der Waals surface area contributed by atoms with E-state index in [0.29, 0.717) is 35.4 Å². The minimum absolute atomic E-state index is 0. The number of aromatic nitrogens is 3. The molecule has 0 bridgehead atoms. The van der Waals surface area contributed by atoms with Gasteiger partial charge in [-0.05, 0) is 126 Å². The Morgan fingerprint density at radius 2 is 0.868 bits per heavy atom. The minimum Gasteiger partial charge on any atom is -0.361 e. The van der Waals surface area contributed by atoms with E-state index in [9.17, 15) is 4.39 Å². The molecule has 0 saturated carbocycles. The van der Waals surface area contributed by atoms with E-state index in [1.165, 1.54) is 39.9 Å². The molecule has 5 nitrogen and oxygen atoms in total. The second-order valence-corrected chi connectivity index (χ2v) is 14.1. The molecule has 0 saturated heterocycles. The monoisotopic (exact) mass is 715 g/mol. The normalized spacial score (nSPS) is 9.89. The molecule has 0 fully saturated rings. The number of halogens is 1. The molecule has 0 atom stereocenters.